The highest BCUT2D eigenvalue weighted by atomic mass is 16.5. The van der Waals surface area contributed by atoms with Gasteiger partial charge in [-0.05, 0) is 37.1 Å². The van der Waals surface area contributed by atoms with E-state index in [0.29, 0.717) is 29.2 Å². The Balaban J connectivity index is 1.64. The minimum Gasteiger partial charge on any atom is -0.495 e. The Morgan fingerprint density at radius 1 is 1.07 bits per heavy atom. The van der Waals surface area contributed by atoms with Crippen LogP contribution in [-0.4, -0.2) is 38.3 Å². The summed E-state index contributed by atoms with van der Waals surface area (Å²) in [5.74, 6) is 0.300. The van der Waals surface area contributed by atoms with Gasteiger partial charge in [-0.2, -0.15) is 0 Å². The molecule has 3 amide bonds. The maximum absolute atomic E-state index is 12.5. The number of anilines is 2. The highest BCUT2D eigenvalue weighted by Gasteiger charge is 2.18. The van der Waals surface area contributed by atoms with E-state index in [9.17, 15) is 9.59 Å². The van der Waals surface area contributed by atoms with Crippen LogP contribution >= 0.6 is 0 Å². The van der Waals surface area contributed by atoms with Crippen LogP contribution < -0.4 is 20.7 Å². The second kappa shape index (κ2) is 9.05. The Morgan fingerprint density at radius 2 is 1.78 bits per heavy atom. The summed E-state index contributed by atoms with van der Waals surface area (Å²) >= 11 is 0. The van der Waals surface area contributed by atoms with E-state index in [1.807, 2.05) is 6.07 Å². The lowest BCUT2D eigenvalue weighted by Gasteiger charge is -2.15. The van der Waals surface area contributed by atoms with E-state index in [0.717, 1.165) is 19.4 Å². The molecule has 7 heteroatoms. The lowest BCUT2D eigenvalue weighted by atomic mass is 10.1. The number of rotatable bonds is 6. The largest absolute Gasteiger partial charge is 0.495 e. The van der Waals surface area contributed by atoms with Gasteiger partial charge in [0.05, 0.1) is 30.2 Å². The molecule has 1 saturated heterocycles. The van der Waals surface area contributed by atoms with Crippen LogP contribution in [0.25, 0.3) is 0 Å². The van der Waals surface area contributed by atoms with Crippen molar-refractivity contribution in [3.8, 4) is 5.75 Å². The van der Waals surface area contributed by atoms with Crippen molar-refractivity contribution < 1.29 is 19.1 Å². The third-order valence-electron chi connectivity index (χ3n) is 4.29. The first-order valence-corrected chi connectivity index (χ1v) is 8.87. The summed E-state index contributed by atoms with van der Waals surface area (Å²) in [6.45, 7) is 1.20. The summed E-state index contributed by atoms with van der Waals surface area (Å²) in [6, 6.07) is 13.5. The average Bonchev–Trinajstić information content (AvgIpc) is 3.20. The van der Waals surface area contributed by atoms with Gasteiger partial charge in [0, 0.05) is 13.2 Å². The molecule has 142 valence electrons. The monoisotopic (exact) mass is 369 g/mol. The Morgan fingerprint density at radius 3 is 2.52 bits per heavy atom. The zero-order valence-electron chi connectivity index (χ0n) is 15.2. The first-order chi connectivity index (χ1) is 13.2. The van der Waals surface area contributed by atoms with E-state index >= 15 is 0 Å². The molecule has 1 heterocycles. The smallest absolute Gasteiger partial charge is 0.323 e. The van der Waals surface area contributed by atoms with Gasteiger partial charge in [-0.15, -0.1) is 0 Å². The third-order valence-corrected chi connectivity index (χ3v) is 4.29. The second-order valence-electron chi connectivity index (χ2n) is 6.17. The molecule has 0 bridgehead atoms. The highest BCUT2D eigenvalue weighted by Crippen LogP contribution is 2.23. The normalized spacial score (nSPS) is 15.8. The number of carbonyl (C=O) groups excluding carboxylic acids is 2. The summed E-state index contributed by atoms with van der Waals surface area (Å²) < 4.78 is 10.7. The van der Waals surface area contributed by atoms with Crippen molar-refractivity contribution in [1.29, 1.82) is 0 Å². The molecule has 1 atom stereocenters. The number of hydrogen-bond acceptors (Lipinski definition) is 4. The number of ether oxygens (including phenoxy) is 2. The number of nitrogens with one attached hydrogen (secondary N) is 3. The Kier molecular flexibility index (Phi) is 6.27. The molecule has 0 spiro atoms. The van der Waals surface area contributed by atoms with E-state index < -0.39 is 6.03 Å². The summed E-state index contributed by atoms with van der Waals surface area (Å²) in [5, 5.41) is 8.31. The number of carbonyl (C=O) groups is 2. The van der Waals surface area contributed by atoms with Crippen molar-refractivity contribution in [2.75, 3.05) is 30.9 Å². The maximum atomic E-state index is 12.5. The van der Waals surface area contributed by atoms with E-state index in [-0.39, 0.29) is 12.0 Å². The van der Waals surface area contributed by atoms with Crippen LogP contribution in [0.5, 0.6) is 5.75 Å². The molecule has 0 aromatic heterocycles. The minimum atomic E-state index is -0.459. The van der Waals surface area contributed by atoms with Gasteiger partial charge in [-0.25, -0.2) is 4.79 Å². The molecular weight excluding hydrogens is 346 g/mol. The van der Waals surface area contributed by atoms with Gasteiger partial charge in [0.15, 0.2) is 0 Å². The first-order valence-electron chi connectivity index (χ1n) is 8.87. The summed E-state index contributed by atoms with van der Waals surface area (Å²) in [4.78, 5) is 24.9. The molecule has 2 aromatic rings. The Labute approximate surface area is 158 Å². The molecule has 0 radical (unpaired) electrons. The van der Waals surface area contributed by atoms with Crippen LogP contribution in [0.4, 0.5) is 16.2 Å². The molecule has 7 nitrogen and oxygen atoms in total. The van der Waals surface area contributed by atoms with Gasteiger partial charge in [-0.1, -0.05) is 24.3 Å². The number of methoxy groups -OCH3 is 1. The predicted molar refractivity (Wildman–Crippen MR) is 103 cm³/mol. The quantitative estimate of drug-likeness (QED) is 0.729. The highest BCUT2D eigenvalue weighted by molar-refractivity contribution is 6.06. The third kappa shape index (κ3) is 4.98. The standard InChI is InChI=1S/C20H23N3O4/c1-26-18-11-5-4-10-17(18)23-20(25)22-16-9-3-2-8-15(16)19(24)21-13-14-7-6-12-27-14/h2-5,8-11,14H,6-7,12-13H2,1H3,(H,21,24)(H2,22,23,25)/t14-/m1/s1. The molecule has 2 aromatic carbocycles. The molecule has 0 saturated carbocycles. The van der Waals surface area contributed by atoms with E-state index in [1.165, 1.54) is 7.11 Å². The topological polar surface area (TPSA) is 88.7 Å². The number of hydrogen-bond donors (Lipinski definition) is 3. The lowest BCUT2D eigenvalue weighted by Crippen LogP contribution is -2.32. The molecule has 27 heavy (non-hydrogen) atoms. The Hall–Kier alpha value is -3.06. The van der Waals surface area contributed by atoms with E-state index in [1.54, 1.807) is 42.5 Å². The number of benzene rings is 2. The van der Waals surface area contributed by atoms with Crippen molar-refractivity contribution in [2.24, 2.45) is 0 Å². The zero-order valence-corrected chi connectivity index (χ0v) is 15.2. The maximum Gasteiger partial charge on any atom is 0.323 e. The molecule has 0 unspecified atom stereocenters. The number of para-hydroxylation sites is 3. The SMILES string of the molecule is COc1ccccc1NC(=O)Nc1ccccc1C(=O)NC[C@H]1CCCO1. The van der Waals surface area contributed by atoms with Gasteiger partial charge in [0.1, 0.15) is 5.75 Å². The first kappa shape index (κ1) is 18.7. The number of amides is 3. The zero-order chi connectivity index (χ0) is 19.1. The summed E-state index contributed by atoms with van der Waals surface area (Å²) in [6.07, 6.45) is 2.02. The van der Waals surface area contributed by atoms with E-state index in [2.05, 4.69) is 16.0 Å². The van der Waals surface area contributed by atoms with Gasteiger partial charge >= 0.3 is 6.03 Å². The van der Waals surface area contributed by atoms with Gasteiger partial charge in [0.25, 0.3) is 5.91 Å². The summed E-state index contributed by atoms with van der Waals surface area (Å²) in [7, 11) is 1.53. The van der Waals surface area contributed by atoms with Crippen LogP contribution in [0.15, 0.2) is 48.5 Å². The molecular formula is C20H23N3O4. The molecule has 1 aliphatic rings. The molecule has 1 fully saturated rings. The molecule has 1 aliphatic heterocycles. The van der Waals surface area contributed by atoms with Gasteiger partial charge in [-0.3, -0.25) is 4.79 Å². The van der Waals surface area contributed by atoms with Crippen molar-refractivity contribution in [1.82, 2.24) is 5.32 Å². The number of urea groups is 1. The average molecular weight is 369 g/mol. The minimum absolute atomic E-state index is 0.0583. The second-order valence-corrected chi connectivity index (χ2v) is 6.17. The molecule has 0 aliphatic carbocycles. The van der Waals surface area contributed by atoms with E-state index in [4.69, 9.17) is 9.47 Å². The summed E-state index contributed by atoms with van der Waals surface area (Å²) in [5.41, 5.74) is 1.36. The van der Waals surface area contributed by atoms with Gasteiger partial charge in [0.2, 0.25) is 0 Å². The van der Waals surface area contributed by atoms with Crippen molar-refractivity contribution in [2.45, 2.75) is 18.9 Å². The fraction of sp³-hybridized carbons (Fsp3) is 0.300. The van der Waals surface area contributed by atoms with Crippen molar-refractivity contribution in [3.05, 3.63) is 54.1 Å². The molecule has 3 N–H and O–H groups in total. The predicted octanol–water partition coefficient (Wildman–Crippen LogP) is 3.25. The Bertz CT molecular complexity index is 803. The fourth-order valence-corrected chi connectivity index (χ4v) is 2.92. The van der Waals surface area contributed by atoms with Crippen LogP contribution in [0.3, 0.4) is 0 Å². The van der Waals surface area contributed by atoms with Crippen LogP contribution in [0, 0.1) is 0 Å². The van der Waals surface area contributed by atoms with Gasteiger partial charge < -0.3 is 25.4 Å². The van der Waals surface area contributed by atoms with Crippen LogP contribution in [0.2, 0.25) is 0 Å². The fourth-order valence-electron chi connectivity index (χ4n) is 2.92. The van der Waals surface area contributed by atoms with Crippen molar-refractivity contribution in [3.63, 3.8) is 0 Å². The lowest BCUT2D eigenvalue weighted by molar-refractivity contribution is 0.0858. The van der Waals surface area contributed by atoms with Crippen molar-refractivity contribution >= 4 is 23.3 Å². The molecule has 3 rings (SSSR count). The van der Waals surface area contributed by atoms with Crippen LogP contribution in [0.1, 0.15) is 23.2 Å². The van der Waals surface area contributed by atoms with Crippen LogP contribution in [-0.2, 0) is 4.74 Å².